The van der Waals surface area contributed by atoms with Crippen molar-refractivity contribution in [2.24, 2.45) is 0 Å². The number of fused-ring (bicyclic) bond motifs is 6. The molecule has 0 amide bonds. The number of nitrogens with one attached hydrogen (secondary N) is 1. The van der Waals surface area contributed by atoms with Gasteiger partial charge in [0.2, 0.25) is 0 Å². The van der Waals surface area contributed by atoms with E-state index in [2.05, 4.69) is 42.6 Å². The Kier molecular flexibility index (Phi) is 4.99. The van der Waals surface area contributed by atoms with E-state index in [1.165, 1.54) is 5.56 Å². The molecule has 0 radical (unpaired) electrons. The number of H-pyrrole nitrogens is 1. The van der Waals surface area contributed by atoms with Gasteiger partial charge in [-0.15, -0.1) is 0 Å². The lowest BCUT2D eigenvalue weighted by molar-refractivity contribution is -0.0123. The zero-order valence-corrected chi connectivity index (χ0v) is 22.0. The van der Waals surface area contributed by atoms with Crippen LogP contribution in [0.1, 0.15) is 50.3 Å². The van der Waals surface area contributed by atoms with Crippen LogP contribution in [0.3, 0.4) is 0 Å². The number of halogens is 2. The Morgan fingerprint density at radius 3 is 2.97 bits per heavy atom. The van der Waals surface area contributed by atoms with Gasteiger partial charge < -0.3 is 19.5 Å². The monoisotopic (exact) mass is 596 g/mol. The van der Waals surface area contributed by atoms with Crippen LogP contribution in [-0.2, 0) is 10.2 Å². The van der Waals surface area contributed by atoms with E-state index in [1.807, 2.05) is 0 Å². The third kappa shape index (κ3) is 3.44. The molecular weight excluding hydrogens is 566 g/mol. The predicted octanol–water partition coefficient (Wildman–Crippen LogP) is 2.41. The fourth-order valence-electron chi connectivity index (χ4n) is 6.79. The number of aromatic nitrogens is 4. The first-order valence-corrected chi connectivity index (χ1v) is 13.6. The van der Waals surface area contributed by atoms with Crippen LogP contribution < -0.4 is 9.64 Å². The van der Waals surface area contributed by atoms with Crippen molar-refractivity contribution in [3.8, 4) is 17.3 Å². The van der Waals surface area contributed by atoms with Crippen molar-refractivity contribution < 1.29 is 19.0 Å². The molecule has 0 unspecified atom stereocenters. The van der Waals surface area contributed by atoms with E-state index >= 15 is 0 Å². The van der Waals surface area contributed by atoms with Crippen molar-refractivity contribution in [1.29, 1.82) is 0 Å². The Balaban J connectivity index is 1.30. The summed E-state index contributed by atoms with van der Waals surface area (Å²) in [6, 6.07) is 0.336. The number of ether oxygens (including phenoxy) is 2. The Bertz CT molecular complexity index is 1190. The summed E-state index contributed by atoms with van der Waals surface area (Å²) >= 11 is 2.32. The van der Waals surface area contributed by atoms with Crippen LogP contribution in [0.15, 0.2) is 0 Å². The third-order valence-electron chi connectivity index (χ3n) is 8.49. The zero-order valence-electron chi connectivity index (χ0n) is 19.8. The number of rotatable bonds is 4. The normalized spacial score (nSPS) is 33.0. The van der Waals surface area contributed by atoms with Gasteiger partial charge in [-0.05, 0) is 61.7 Å². The second kappa shape index (κ2) is 7.72. The summed E-state index contributed by atoms with van der Waals surface area (Å²) in [4.78, 5) is 14.2. The number of β-amino-alcohol motifs (C(OH)–C–C–N with tert-alkyl or cyclic N) is 1. The van der Waals surface area contributed by atoms with E-state index in [0.29, 0.717) is 45.3 Å². The van der Waals surface area contributed by atoms with Crippen LogP contribution in [0.25, 0.3) is 11.3 Å². The van der Waals surface area contributed by atoms with Gasteiger partial charge in [-0.1, -0.05) is 0 Å². The number of anilines is 1. The van der Waals surface area contributed by atoms with Crippen molar-refractivity contribution in [1.82, 2.24) is 25.1 Å². The van der Waals surface area contributed by atoms with Gasteiger partial charge in [0.05, 0.1) is 36.6 Å². The van der Waals surface area contributed by atoms with Gasteiger partial charge in [-0.25, -0.2) is 4.39 Å². The zero-order chi connectivity index (χ0) is 24.0. The first-order chi connectivity index (χ1) is 16.8. The molecule has 1 saturated carbocycles. The molecule has 11 heteroatoms. The van der Waals surface area contributed by atoms with Gasteiger partial charge in [-0.3, -0.25) is 10.00 Å². The maximum atomic E-state index is 14.3. The largest absolute Gasteiger partial charge is 0.461 e. The van der Waals surface area contributed by atoms with Crippen LogP contribution in [0, 0.1) is 3.70 Å². The molecule has 5 heterocycles. The highest BCUT2D eigenvalue weighted by atomic mass is 127. The third-order valence-corrected chi connectivity index (χ3v) is 9.27. The summed E-state index contributed by atoms with van der Waals surface area (Å²) < 4.78 is 27.3. The highest BCUT2D eigenvalue weighted by Gasteiger charge is 2.58. The topological polar surface area (TPSA) is 99.6 Å². The predicted molar refractivity (Wildman–Crippen MR) is 135 cm³/mol. The average Bonchev–Trinajstić information content (AvgIpc) is 3.17. The van der Waals surface area contributed by atoms with E-state index in [4.69, 9.17) is 19.4 Å². The number of alkyl halides is 1. The van der Waals surface area contributed by atoms with E-state index < -0.39 is 11.8 Å². The summed E-state index contributed by atoms with van der Waals surface area (Å²) in [5, 5.41) is 18.7. The van der Waals surface area contributed by atoms with E-state index in [1.54, 1.807) is 6.92 Å². The molecule has 35 heavy (non-hydrogen) atoms. The lowest BCUT2D eigenvalue weighted by atomic mass is 9.95. The lowest BCUT2D eigenvalue weighted by Crippen LogP contribution is -2.44. The molecule has 188 valence electrons. The molecule has 9 nitrogen and oxygen atoms in total. The minimum Gasteiger partial charge on any atom is -0.461 e. The van der Waals surface area contributed by atoms with Crippen molar-refractivity contribution in [2.45, 2.75) is 61.8 Å². The SMILES string of the molecule is C[C@@]1(O)COCCN(c2nc(OC[C@@]34CCCN3C[C@H](F)C4)nc3c2-c2n[nH]c(I)c2C32CC2)C1. The molecule has 5 aliphatic rings. The minimum absolute atomic E-state index is 0.149. The first-order valence-electron chi connectivity index (χ1n) is 12.5. The molecule has 0 bridgehead atoms. The number of aromatic amines is 1. The number of aliphatic hydroxyl groups is 1. The van der Waals surface area contributed by atoms with Crippen molar-refractivity contribution in [3.05, 3.63) is 15.0 Å². The van der Waals surface area contributed by atoms with Crippen LogP contribution >= 0.6 is 22.6 Å². The van der Waals surface area contributed by atoms with Crippen molar-refractivity contribution in [2.75, 3.05) is 50.9 Å². The van der Waals surface area contributed by atoms with Gasteiger partial charge in [0.25, 0.3) is 0 Å². The summed E-state index contributed by atoms with van der Waals surface area (Å²) in [6.07, 6.45) is 3.74. The van der Waals surface area contributed by atoms with Crippen LogP contribution in [0.5, 0.6) is 6.01 Å². The molecule has 1 spiro atoms. The molecule has 4 fully saturated rings. The molecule has 3 saturated heterocycles. The van der Waals surface area contributed by atoms with Gasteiger partial charge in [0, 0.05) is 30.5 Å². The Morgan fingerprint density at radius 2 is 2.14 bits per heavy atom. The summed E-state index contributed by atoms with van der Waals surface area (Å²) in [5.41, 5.74) is 2.61. The van der Waals surface area contributed by atoms with Crippen molar-refractivity contribution >= 4 is 28.4 Å². The molecule has 2 aromatic rings. The van der Waals surface area contributed by atoms with Crippen molar-refractivity contribution in [3.63, 3.8) is 0 Å². The second-order valence-electron chi connectivity index (χ2n) is 11.2. The maximum Gasteiger partial charge on any atom is 0.318 e. The number of hydrogen-bond donors (Lipinski definition) is 2. The van der Waals surface area contributed by atoms with Gasteiger partial charge in [-0.2, -0.15) is 15.1 Å². The van der Waals surface area contributed by atoms with Crippen LogP contribution in [-0.4, -0.2) is 93.5 Å². The standard InChI is InChI=1S/C24H30FIN6O3/c1-22(33)11-31(7-8-34-12-22)20-15-17-16(19(26)30-29-17)24(4-5-24)18(15)27-21(28-20)35-13-23-3-2-6-32(23)10-14(25)9-23/h14,33H,2-13H2,1H3,(H,29,30)/t14-,22+,23+/m1/s1. The fraction of sp³-hybridized carbons (Fsp3) is 0.708. The Labute approximate surface area is 216 Å². The molecule has 0 aromatic carbocycles. The summed E-state index contributed by atoms with van der Waals surface area (Å²) in [7, 11) is 0. The minimum atomic E-state index is -1.00. The number of hydrogen-bond acceptors (Lipinski definition) is 8. The number of nitrogens with zero attached hydrogens (tertiary/aromatic N) is 5. The van der Waals surface area contributed by atoms with Gasteiger partial charge in [0.15, 0.2) is 0 Å². The lowest BCUT2D eigenvalue weighted by Gasteiger charge is -2.32. The Morgan fingerprint density at radius 1 is 1.29 bits per heavy atom. The van der Waals surface area contributed by atoms with Crippen LogP contribution in [0.4, 0.5) is 10.2 Å². The highest BCUT2D eigenvalue weighted by Crippen LogP contribution is 2.64. The molecular formula is C24H30FIN6O3. The van der Waals surface area contributed by atoms with E-state index in [0.717, 1.165) is 58.7 Å². The maximum absolute atomic E-state index is 14.3. The molecule has 2 N–H and O–H groups in total. The van der Waals surface area contributed by atoms with Crippen LogP contribution in [0.2, 0.25) is 0 Å². The molecule has 2 aromatic heterocycles. The molecule has 3 atom stereocenters. The Hall–Kier alpha value is -1.57. The molecule has 7 rings (SSSR count). The van der Waals surface area contributed by atoms with Gasteiger partial charge >= 0.3 is 6.01 Å². The quantitative estimate of drug-likeness (QED) is 0.520. The van der Waals surface area contributed by atoms with E-state index in [9.17, 15) is 9.50 Å². The fourth-order valence-corrected chi connectivity index (χ4v) is 7.68. The van der Waals surface area contributed by atoms with E-state index in [-0.39, 0.29) is 17.6 Å². The highest BCUT2D eigenvalue weighted by molar-refractivity contribution is 14.1. The molecule has 3 aliphatic heterocycles. The average molecular weight is 596 g/mol. The molecule has 2 aliphatic carbocycles. The first kappa shape index (κ1) is 22.6. The smallest absolute Gasteiger partial charge is 0.318 e. The second-order valence-corrected chi connectivity index (χ2v) is 12.3. The summed E-state index contributed by atoms with van der Waals surface area (Å²) in [6.45, 7) is 5.36. The van der Waals surface area contributed by atoms with Gasteiger partial charge in [0.1, 0.15) is 33.6 Å². The summed E-state index contributed by atoms with van der Waals surface area (Å²) in [5.74, 6) is 0.735.